The van der Waals surface area contributed by atoms with Crippen LogP contribution in [0.2, 0.25) is 0 Å². The predicted octanol–water partition coefficient (Wildman–Crippen LogP) is 1.30. The van der Waals surface area contributed by atoms with Crippen molar-refractivity contribution >= 4 is 17.8 Å². The van der Waals surface area contributed by atoms with Gasteiger partial charge in [-0.05, 0) is 23.8 Å². The van der Waals surface area contributed by atoms with Crippen molar-refractivity contribution in [3.05, 3.63) is 35.0 Å². The Balaban J connectivity index is 1.78. The summed E-state index contributed by atoms with van der Waals surface area (Å²) in [4.78, 5) is 10.3. The largest absolute Gasteiger partial charge is 0.493 e. The average molecular weight is 355 g/mol. The third-order valence-electron chi connectivity index (χ3n) is 4.56. The summed E-state index contributed by atoms with van der Waals surface area (Å²) in [5.41, 5.74) is 14.3. The van der Waals surface area contributed by atoms with Crippen LogP contribution in [-0.4, -0.2) is 48.4 Å². The minimum atomic E-state index is -0.0821. The highest BCUT2D eigenvalue weighted by Gasteiger charge is 2.32. The van der Waals surface area contributed by atoms with Gasteiger partial charge >= 0.3 is 0 Å². The number of ether oxygens (including phenoxy) is 3. The molecule has 1 aromatic heterocycles. The van der Waals surface area contributed by atoms with Crippen LogP contribution in [0.15, 0.2) is 18.3 Å². The van der Waals surface area contributed by atoms with E-state index < -0.39 is 0 Å². The van der Waals surface area contributed by atoms with Crippen molar-refractivity contribution in [3.8, 4) is 17.2 Å². The van der Waals surface area contributed by atoms with Crippen LogP contribution in [-0.2, 0) is 6.42 Å². The van der Waals surface area contributed by atoms with Crippen LogP contribution in [0.3, 0.4) is 0 Å². The number of nitrogen functional groups attached to an aromatic ring is 2. The molecule has 8 heteroatoms. The second kappa shape index (κ2) is 6.38. The van der Waals surface area contributed by atoms with Crippen LogP contribution in [0.5, 0.6) is 17.2 Å². The molecule has 0 radical (unpaired) electrons. The van der Waals surface area contributed by atoms with Gasteiger partial charge in [-0.3, -0.25) is 4.90 Å². The molecule has 3 heterocycles. The van der Waals surface area contributed by atoms with E-state index in [4.69, 9.17) is 25.7 Å². The Morgan fingerprint density at radius 2 is 2.04 bits per heavy atom. The van der Waals surface area contributed by atoms with Gasteiger partial charge in [-0.15, -0.1) is 0 Å². The van der Waals surface area contributed by atoms with E-state index in [-0.39, 0.29) is 12.2 Å². The van der Waals surface area contributed by atoms with Gasteiger partial charge < -0.3 is 25.7 Å². The Morgan fingerprint density at radius 1 is 1.23 bits per heavy atom. The molecular weight excluding hydrogens is 334 g/mol. The SMILES string of the molecule is COc1cc(Cc2cnc(N)nc2N)c2c(c1OC)OC(N1CC1)C=C2. The lowest BCUT2D eigenvalue weighted by molar-refractivity contribution is 0.143. The van der Waals surface area contributed by atoms with E-state index in [9.17, 15) is 0 Å². The standard InChI is InChI=1S/C18H21N5O3/c1-24-13-8-10(7-11-9-21-18(20)22-17(11)19)12-3-4-14(23-5-6-23)26-15(12)16(13)25-2/h3-4,8-9,14H,5-7H2,1-2H3,(H4,19,20,21,22). The molecule has 0 saturated carbocycles. The molecule has 4 rings (SSSR count). The van der Waals surface area contributed by atoms with Crippen LogP contribution in [0.1, 0.15) is 16.7 Å². The molecule has 0 bridgehead atoms. The van der Waals surface area contributed by atoms with E-state index in [1.165, 1.54) is 0 Å². The van der Waals surface area contributed by atoms with Crippen LogP contribution < -0.4 is 25.7 Å². The minimum absolute atomic E-state index is 0.0821. The lowest BCUT2D eigenvalue weighted by Gasteiger charge is -2.26. The highest BCUT2D eigenvalue weighted by Crippen LogP contribution is 2.46. The Bertz CT molecular complexity index is 880. The van der Waals surface area contributed by atoms with Crippen LogP contribution >= 0.6 is 0 Å². The fourth-order valence-electron chi connectivity index (χ4n) is 3.10. The smallest absolute Gasteiger partial charge is 0.221 e. The van der Waals surface area contributed by atoms with E-state index in [1.807, 2.05) is 12.1 Å². The third-order valence-corrected chi connectivity index (χ3v) is 4.56. The molecule has 1 atom stereocenters. The molecule has 1 aromatic carbocycles. The number of methoxy groups -OCH3 is 2. The van der Waals surface area contributed by atoms with Gasteiger partial charge in [-0.2, -0.15) is 4.98 Å². The topological polar surface area (TPSA) is 109 Å². The zero-order chi connectivity index (χ0) is 18.3. The Kier molecular flexibility index (Phi) is 4.04. The fraction of sp³-hybridized carbons (Fsp3) is 0.333. The molecule has 1 unspecified atom stereocenters. The summed E-state index contributed by atoms with van der Waals surface area (Å²) in [6.45, 7) is 2.06. The van der Waals surface area contributed by atoms with Gasteiger partial charge in [-0.1, -0.05) is 0 Å². The number of nitrogens with two attached hydrogens (primary N) is 2. The van der Waals surface area contributed by atoms with E-state index in [0.717, 1.165) is 29.8 Å². The summed E-state index contributed by atoms with van der Waals surface area (Å²) in [5.74, 6) is 2.39. The average Bonchev–Trinajstić information content (AvgIpc) is 3.48. The molecule has 0 aliphatic carbocycles. The summed E-state index contributed by atoms with van der Waals surface area (Å²) in [6.07, 6.45) is 6.20. The molecule has 1 fully saturated rings. The highest BCUT2D eigenvalue weighted by molar-refractivity contribution is 5.72. The van der Waals surface area contributed by atoms with E-state index >= 15 is 0 Å². The molecule has 2 aliphatic heterocycles. The monoisotopic (exact) mass is 355 g/mol. The normalized spacial score (nSPS) is 18.2. The number of benzene rings is 1. The summed E-state index contributed by atoms with van der Waals surface area (Å²) in [6, 6.07) is 1.93. The van der Waals surface area contributed by atoms with E-state index in [1.54, 1.807) is 20.4 Å². The lowest BCUT2D eigenvalue weighted by Crippen LogP contribution is -2.26. The van der Waals surface area contributed by atoms with Gasteiger partial charge in [0.25, 0.3) is 0 Å². The van der Waals surface area contributed by atoms with Gasteiger partial charge in [0.2, 0.25) is 11.7 Å². The van der Waals surface area contributed by atoms with Crippen molar-refractivity contribution in [1.29, 1.82) is 0 Å². The molecule has 0 spiro atoms. The summed E-state index contributed by atoms with van der Waals surface area (Å²) < 4.78 is 17.3. The van der Waals surface area contributed by atoms with Crippen molar-refractivity contribution < 1.29 is 14.2 Å². The Morgan fingerprint density at radius 3 is 2.69 bits per heavy atom. The first-order chi connectivity index (χ1) is 12.6. The van der Waals surface area contributed by atoms with E-state index in [0.29, 0.717) is 29.5 Å². The maximum Gasteiger partial charge on any atom is 0.221 e. The molecule has 136 valence electrons. The van der Waals surface area contributed by atoms with Crippen LogP contribution in [0.25, 0.3) is 6.08 Å². The van der Waals surface area contributed by atoms with Gasteiger partial charge in [0, 0.05) is 36.8 Å². The number of fused-ring (bicyclic) bond motifs is 1. The number of rotatable bonds is 5. The van der Waals surface area contributed by atoms with Crippen molar-refractivity contribution in [1.82, 2.24) is 14.9 Å². The molecule has 2 aliphatic rings. The lowest BCUT2D eigenvalue weighted by atomic mass is 9.97. The van der Waals surface area contributed by atoms with Crippen molar-refractivity contribution in [3.63, 3.8) is 0 Å². The zero-order valence-electron chi connectivity index (χ0n) is 14.7. The van der Waals surface area contributed by atoms with Gasteiger partial charge in [-0.25, -0.2) is 4.98 Å². The molecule has 4 N–H and O–H groups in total. The fourth-order valence-corrected chi connectivity index (χ4v) is 3.10. The molecule has 8 nitrogen and oxygen atoms in total. The number of aromatic nitrogens is 2. The molecule has 0 amide bonds. The van der Waals surface area contributed by atoms with Crippen LogP contribution in [0, 0.1) is 0 Å². The number of nitrogens with zero attached hydrogens (tertiary/aromatic N) is 3. The zero-order valence-corrected chi connectivity index (χ0v) is 14.7. The van der Waals surface area contributed by atoms with Crippen molar-refractivity contribution in [2.75, 3.05) is 38.8 Å². The van der Waals surface area contributed by atoms with Crippen molar-refractivity contribution in [2.45, 2.75) is 12.6 Å². The van der Waals surface area contributed by atoms with Gasteiger partial charge in [0.05, 0.1) is 14.2 Å². The summed E-state index contributed by atoms with van der Waals surface area (Å²) >= 11 is 0. The first-order valence-corrected chi connectivity index (χ1v) is 8.34. The molecular formula is C18H21N5O3. The Hall–Kier alpha value is -3.00. The maximum absolute atomic E-state index is 6.20. The minimum Gasteiger partial charge on any atom is -0.493 e. The van der Waals surface area contributed by atoms with Gasteiger partial charge in [0.15, 0.2) is 17.7 Å². The summed E-state index contributed by atoms with van der Waals surface area (Å²) in [5, 5.41) is 0. The second-order valence-corrected chi connectivity index (χ2v) is 6.23. The highest BCUT2D eigenvalue weighted by atomic mass is 16.5. The van der Waals surface area contributed by atoms with Crippen LogP contribution in [0.4, 0.5) is 11.8 Å². The van der Waals surface area contributed by atoms with Gasteiger partial charge in [0.1, 0.15) is 5.82 Å². The number of hydrogen-bond donors (Lipinski definition) is 2. The first kappa shape index (κ1) is 16.5. The Labute approximate surface area is 151 Å². The first-order valence-electron chi connectivity index (χ1n) is 8.34. The maximum atomic E-state index is 6.20. The molecule has 2 aromatic rings. The number of hydrogen-bond acceptors (Lipinski definition) is 8. The third kappa shape index (κ3) is 2.88. The predicted molar refractivity (Wildman–Crippen MR) is 98.2 cm³/mol. The molecule has 1 saturated heterocycles. The van der Waals surface area contributed by atoms with Crippen molar-refractivity contribution in [2.24, 2.45) is 0 Å². The number of anilines is 2. The van der Waals surface area contributed by atoms with E-state index in [2.05, 4.69) is 20.9 Å². The summed E-state index contributed by atoms with van der Waals surface area (Å²) in [7, 11) is 3.22. The molecule has 26 heavy (non-hydrogen) atoms. The second-order valence-electron chi connectivity index (χ2n) is 6.23. The quantitative estimate of drug-likeness (QED) is 0.773.